The summed E-state index contributed by atoms with van der Waals surface area (Å²) >= 11 is 0. The fraction of sp³-hybridized carbons (Fsp3) is 0.840. The molecular weight excluding hydrogens is 380 g/mol. The van der Waals surface area contributed by atoms with Crippen LogP contribution in [-0.4, -0.2) is 41.3 Å². The molecule has 1 heterocycles. The maximum Gasteiger partial charge on any atom is 0.309 e. The van der Waals surface area contributed by atoms with Crippen molar-refractivity contribution in [3.63, 3.8) is 0 Å². The zero-order valence-corrected chi connectivity index (χ0v) is 19.0. The zero-order valence-electron chi connectivity index (χ0n) is 19.0. The summed E-state index contributed by atoms with van der Waals surface area (Å²) in [6.45, 7) is 8.87. The van der Waals surface area contributed by atoms with E-state index in [4.69, 9.17) is 9.47 Å². The number of carbonyl (C=O) groups is 2. The smallest absolute Gasteiger partial charge is 0.309 e. The number of methoxy groups -OCH3 is 1. The number of hydrogen-bond acceptors (Lipinski definition) is 5. The molecule has 5 heteroatoms. The molecule has 5 rings (SSSR count). The van der Waals surface area contributed by atoms with E-state index < -0.39 is 16.6 Å². The summed E-state index contributed by atoms with van der Waals surface area (Å²) in [6.07, 6.45) is 7.93. The summed E-state index contributed by atoms with van der Waals surface area (Å²) in [7, 11) is 1.46. The van der Waals surface area contributed by atoms with Gasteiger partial charge in [-0.2, -0.15) is 0 Å². The number of carbonyl (C=O) groups excluding carboxylic acids is 2. The van der Waals surface area contributed by atoms with E-state index in [0.29, 0.717) is 12.8 Å². The molecule has 1 spiro atoms. The number of fused-ring (bicyclic) bond motifs is 3. The van der Waals surface area contributed by atoms with E-state index in [1.807, 2.05) is 0 Å². The molecule has 0 aromatic carbocycles. The Kier molecular flexibility index (Phi) is 4.12. The molecule has 3 saturated carbocycles. The van der Waals surface area contributed by atoms with Crippen LogP contribution in [0.2, 0.25) is 0 Å². The van der Waals surface area contributed by atoms with E-state index in [9.17, 15) is 14.7 Å². The number of ether oxygens (including phenoxy) is 2. The van der Waals surface area contributed by atoms with Gasteiger partial charge in [-0.1, -0.05) is 39.7 Å². The number of rotatable bonds is 3. The van der Waals surface area contributed by atoms with Gasteiger partial charge in [0.05, 0.1) is 24.7 Å². The van der Waals surface area contributed by atoms with Crippen molar-refractivity contribution in [1.29, 1.82) is 0 Å². The Bertz CT molecular complexity index is 848. The molecule has 0 aromatic heterocycles. The number of aliphatic hydroxyl groups is 1. The number of ketones is 1. The maximum absolute atomic E-state index is 13.2. The molecule has 0 aromatic rings. The summed E-state index contributed by atoms with van der Waals surface area (Å²) in [5, 5.41) is 11.8. The van der Waals surface area contributed by atoms with Crippen molar-refractivity contribution in [2.75, 3.05) is 7.11 Å². The highest BCUT2D eigenvalue weighted by Crippen LogP contribution is 2.82. The van der Waals surface area contributed by atoms with E-state index in [1.165, 1.54) is 7.11 Å². The van der Waals surface area contributed by atoms with Crippen molar-refractivity contribution in [2.45, 2.75) is 96.4 Å². The predicted octanol–water partition coefficient (Wildman–Crippen LogP) is 3.97. The fourth-order valence-electron chi connectivity index (χ4n) is 9.07. The molecular formula is C25H36O5. The van der Waals surface area contributed by atoms with Gasteiger partial charge in [0.1, 0.15) is 5.60 Å². The Labute approximate surface area is 179 Å². The summed E-state index contributed by atoms with van der Waals surface area (Å²) in [5.74, 6) is -0.226. The molecule has 0 bridgehead atoms. The van der Waals surface area contributed by atoms with Crippen LogP contribution in [0.5, 0.6) is 0 Å². The van der Waals surface area contributed by atoms with Crippen LogP contribution in [0, 0.1) is 28.1 Å². The Morgan fingerprint density at radius 1 is 1.30 bits per heavy atom. The van der Waals surface area contributed by atoms with Crippen molar-refractivity contribution in [1.82, 2.24) is 0 Å². The van der Waals surface area contributed by atoms with E-state index in [-0.39, 0.29) is 40.5 Å². The van der Waals surface area contributed by atoms with Gasteiger partial charge < -0.3 is 14.6 Å². The van der Waals surface area contributed by atoms with Gasteiger partial charge in [-0.25, -0.2) is 0 Å². The van der Waals surface area contributed by atoms with Gasteiger partial charge in [0.25, 0.3) is 0 Å². The van der Waals surface area contributed by atoms with Crippen molar-refractivity contribution in [3.05, 3.63) is 11.6 Å². The van der Waals surface area contributed by atoms with Crippen molar-refractivity contribution >= 4 is 11.8 Å². The molecule has 30 heavy (non-hydrogen) atoms. The fourth-order valence-corrected chi connectivity index (χ4v) is 9.07. The average molecular weight is 417 g/mol. The second kappa shape index (κ2) is 5.98. The monoisotopic (exact) mass is 416 g/mol. The first kappa shape index (κ1) is 20.7. The van der Waals surface area contributed by atoms with Gasteiger partial charge >= 0.3 is 5.97 Å². The lowest BCUT2D eigenvalue weighted by molar-refractivity contribution is -0.187. The second-order valence-electron chi connectivity index (χ2n) is 11.4. The van der Waals surface area contributed by atoms with Crippen LogP contribution < -0.4 is 0 Å². The lowest BCUT2D eigenvalue weighted by atomic mass is 9.37. The van der Waals surface area contributed by atoms with Gasteiger partial charge in [-0.3, -0.25) is 9.59 Å². The molecule has 1 saturated heterocycles. The Morgan fingerprint density at radius 3 is 2.70 bits per heavy atom. The minimum Gasteiger partial charge on any atom is -0.469 e. The zero-order chi connectivity index (χ0) is 21.7. The highest BCUT2D eigenvalue weighted by Gasteiger charge is 2.87. The van der Waals surface area contributed by atoms with Gasteiger partial charge in [-0.15, -0.1) is 0 Å². The molecule has 5 nitrogen and oxygen atoms in total. The van der Waals surface area contributed by atoms with Crippen molar-refractivity contribution < 1.29 is 24.2 Å². The van der Waals surface area contributed by atoms with E-state index >= 15 is 0 Å². The predicted molar refractivity (Wildman–Crippen MR) is 112 cm³/mol. The van der Waals surface area contributed by atoms with Crippen molar-refractivity contribution in [2.24, 2.45) is 28.1 Å². The standard InChI is InChI=1S/C25H36O5/c1-6-9-24(28)11-8-18-22(24,3)14-19-25(30-19)21(2)10-7-16(26)12-15(21)13-17(20(27)29-5)23(18,25)4/h12,17-19,28H,6-11,13-14H2,1-5H3/t17-,18+,19+,21-,22-,23-,24-,25-/m0/s1. The van der Waals surface area contributed by atoms with Gasteiger partial charge in [0.15, 0.2) is 5.78 Å². The first-order valence-electron chi connectivity index (χ1n) is 11.8. The van der Waals surface area contributed by atoms with Gasteiger partial charge in [-0.05, 0) is 50.5 Å². The molecule has 0 unspecified atom stereocenters. The van der Waals surface area contributed by atoms with Crippen LogP contribution in [0.15, 0.2) is 11.6 Å². The first-order chi connectivity index (χ1) is 14.0. The van der Waals surface area contributed by atoms with E-state index in [2.05, 4.69) is 27.7 Å². The number of hydrogen-bond donors (Lipinski definition) is 1. The first-order valence-corrected chi connectivity index (χ1v) is 11.8. The van der Waals surface area contributed by atoms with Gasteiger partial charge in [0, 0.05) is 22.7 Å². The van der Waals surface area contributed by atoms with Crippen LogP contribution in [0.1, 0.15) is 79.1 Å². The highest BCUT2D eigenvalue weighted by molar-refractivity contribution is 5.92. The molecule has 4 fully saturated rings. The third kappa shape index (κ3) is 2.03. The molecule has 0 amide bonds. The van der Waals surface area contributed by atoms with Crippen molar-refractivity contribution in [3.8, 4) is 0 Å². The van der Waals surface area contributed by atoms with E-state index in [1.54, 1.807) is 6.08 Å². The molecule has 1 aliphatic heterocycles. The maximum atomic E-state index is 13.2. The molecule has 0 radical (unpaired) electrons. The Morgan fingerprint density at radius 2 is 2.03 bits per heavy atom. The molecule has 5 aliphatic rings. The molecule has 1 N–H and O–H groups in total. The Balaban J connectivity index is 1.70. The Hall–Kier alpha value is -1.20. The topological polar surface area (TPSA) is 76.1 Å². The third-order valence-electron chi connectivity index (χ3n) is 10.6. The van der Waals surface area contributed by atoms with Crippen LogP contribution >= 0.6 is 0 Å². The third-order valence-corrected chi connectivity index (χ3v) is 10.6. The highest BCUT2D eigenvalue weighted by atomic mass is 16.6. The largest absolute Gasteiger partial charge is 0.469 e. The molecule has 166 valence electrons. The van der Waals surface area contributed by atoms with Crippen LogP contribution in [-0.2, 0) is 19.1 Å². The van der Waals surface area contributed by atoms with E-state index in [0.717, 1.165) is 44.1 Å². The lowest BCUT2D eigenvalue weighted by Crippen LogP contribution is -2.68. The summed E-state index contributed by atoms with van der Waals surface area (Å²) in [4.78, 5) is 25.5. The van der Waals surface area contributed by atoms with Crippen LogP contribution in [0.25, 0.3) is 0 Å². The van der Waals surface area contributed by atoms with Crippen LogP contribution in [0.3, 0.4) is 0 Å². The van der Waals surface area contributed by atoms with Gasteiger partial charge in [0.2, 0.25) is 0 Å². The molecule has 8 atom stereocenters. The number of esters is 1. The summed E-state index contributed by atoms with van der Waals surface area (Å²) in [5.41, 5.74) is -1.05. The summed E-state index contributed by atoms with van der Waals surface area (Å²) < 4.78 is 12.0. The molecule has 4 aliphatic carbocycles. The minimum atomic E-state index is -0.715. The SMILES string of the molecule is CCC[C@]1(O)CC[C@H]2[C@]3(C)[C@H](C(=O)OC)CC4=CC(=O)CC[C@]4(C)[C@]34O[C@@H]4C[C@@]21C. The minimum absolute atomic E-state index is 0.0132. The summed E-state index contributed by atoms with van der Waals surface area (Å²) in [6, 6.07) is 0. The second-order valence-corrected chi connectivity index (χ2v) is 11.4. The number of epoxide rings is 1. The van der Waals surface area contributed by atoms with Crippen LogP contribution in [0.4, 0.5) is 0 Å². The lowest BCUT2D eigenvalue weighted by Gasteiger charge is -2.64. The average Bonchev–Trinajstić information content (AvgIpc) is 3.36. The quantitative estimate of drug-likeness (QED) is 0.556. The normalized spacial score (nSPS) is 53.7.